The van der Waals surface area contributed by atoms with Gasteiger partial charge in [-0.25, -0.2) is 0 Å². The fourth-order valence-electron chi connectivity index (χ4n) is 2.83. The molecule has 0 aliphatic carbocycles. The molecule has 1 aromatic heterocycles. The van der Waals surface area contributed by atoms with Gasteiger partial charge in [-0.1, -0.05) is 0 Å². The van der Waals surface area contributed by atoms with Crippen molar-refractivity contribution in [1.29, 1.82) is 0 Å². The zero-order valence-electron chi connectivity index (χ0n) is 14.0. The third-order valence-electron chi connectivity index (χ3n) is 4.45. The number of amides is 1. The number of nitrogens with zero attached hydrogens (tertiary/aromatic N) is 2. The summed E-state index contributed by atoms with van der Waals surface area (Å²) in [5.41, 5.74) is 0.0422. The van der Waals surface area contributed by atoms with Crippen molar-refractivity contribution < 1.29 is 14.4 Å². The van der Waals surface area contributed by atoms with E-state index in [2.05, 4.69) is 32.1 Å². The van der Waals surface area contributed by atoms with Gasteiger partial charge in [0.05, 0.1) is 0 Å². The molecule has 1 saturated heterocycles. The normalized spacial score (nSPS) is 22.0. The third kappa shape index (κ3) is 2.92. The number of hydrogen-bond acceptors (Lipinski definition) is 4. The van der Waals surface area contributed by atoms with Crippen molar-refractivity contribution in [3.05, 3.63) is 36.1 Å². The Morgan fingerprint density at radius 1 is 1.30 bits per heavy atom. The number of aromatic nitrogens is 1. The van der Waals surface area contributed by atoms with Gasteiger partial charge in [0.1, 0.15) is 0 Å². The Bertz CT molecular complexity index is 750. The van der Waals surface area contributed by atoms with Crippen LogP contribution in [0.2, 0.25) is 14.8 Å². The summed E-state index contributed by atoms with van der Waals surface area (Å²) >= 11 is -2.16. The molecule has 0 saturated carbocycles. The number of benzene rings is 1. The molecule has 6 heteroatoms. The summed E-state index contributed by atoms with van der Waals surface area (Å²) in [5, 5.41) is 14.7. The molecule has 5 nitrogen and oxygen atoms in total. The number of carbonyl (C=O) groups excluding carboxylic acids is 1. The van der Waals surface area contributed by atoms with Crippen LogP contribution in [0.15, 0.2) is 34.9 Å². The minimum atomic E-state index is -2.16. The Kier molecular flexibility index (Phi) is 4.04. The first-order valence-corrected chi connectivity index (χ1v) is 17.8. The van der Waals surface area contributed by atoms with Crippen molar-refractivity contribution in [3.8, 4) is 11.3 Å². The quantitative estimate of drug-likeness (QED) is 0.770. The molecular formula is C17H22N2O3Sn. The van der Waals surface area contributed by atoms with E-state index in [4.69, 9.17) is 4.52 Å². The number of hydrogen-bond donors (Lipinski definition) is 1. The Morgan fingerprint density at radius 3 is 2.65 bits per heavy atom. The Morgan fingerprint density at radius 2 is 2.04 bits per heavy atom. The second-order valence-electron chi connectivity index (χ2n) is 7.24. The monoisotopic (exact) mass is 422 g/mol. The van der Waals surface area contributed by atoms with Gasteiger partial charge in [0.2, 0.25) is 0 Å². The molecule has 23 heavy (non-hydrogen) atoms. The van der Waals surface area contributed by atoms with Crippen molar-refractivity contribution in [1.82, 2.24) is 10.1 Å². The Hall–Kier alpha value is -1.34. The first kappa shape index (κ1) is 16.5. The fourth-order valence-corrected chi connectivity index (χ4v) is 6.21. The van der Waals surface area contributed by atoms with Gasteiger partial charge in [-0.2, -0.15) is 0 Å². The standard InChI is InChI=1S/C14H13N2O3.3CH3.Sn/c1-16-8-7-14(18,13(16)17)12-9-11(15-19-12)10-5-3-2-4-6-10;;;;/h2-3,5-6,9,18H,7-8H2,1H3;3*1H3;. The summed E-state index contributed by atoms with van der Waals surface area (Å²) in [6, 6.07) is 10.0. The van der Waals surface area contributed by atoms with Crippen LogP contribution in [-0.2, 0) is 10.4 Å². The van der Waals surface area contributed by atoms with Crippen molar-refractivity contribution in [2.45, 2.75) is 26.8 Å². The second-order valence-corrected chi connectivity index (χ2v) is 21.7. The van der Waals surface area contributed by atoms with Crippen molar-refractivity contribution >= 4 is 27.9 Å². The van der Waals surface area contributed by atoms with Gasteiger partial charge in [-0.05, 0) is 0 Å². The van der Waals surface area contributed by atoms with Gasteiger partial charge in [-0.3, -0.25) is 0 Å². The maximum absolute atomic E-state index is 12.2. The van der Waals surface area contributed by atoms with Crippen molar-refractivity contribution in [3.63, 3.8) is 0 Å². The molecule has 1 aliphatic rings. The van der Waals surface area contributed by atoms with Crippen LogP contribution in [0.3, 0.4) is 0 Å². The Labute approximate surface area is 140 Å². The summed E-state index contributed by atoms with van der Waals surface area (Å²) in [4.78, 5) is 20.7. The number of rotatable bonds is 3. The van der Waals surface area contributed by atoms with E-state index in [1.807, 2.05) is 12.1 Å². The summed E-state index contributed by atoms with van der Waals surface area (Å²) in [5.74, 6) is -0.105. The average Bonchev–Trinajstić information content (AvgIpc) is 3.09. The average molecular weight is 421 g/mol. The van der Waals surface area contributed by atoms with Gasteiger partial charge in [0.15, 0.2) is 0 Å². The topological polar surface area (TPSA) is 66.6 Å². The summed E-state index contributed by atoms with van der Waals surface area (Å²) < 4.78 is 6.72. The molecule has 1 N–H and O–H groups in total. The zero-order valence-corrected chi connectivity index (χ0v) is 16.8. The van der Waals surface area contributed by atoms with Gasteiger partial charge in [-0.15, -0.1) is 0 Å². The van der Waals surface area contributed by atoms with Crippen LogP contribution in [0.5, 0.6) is 0 Å². The molecule has 1 aromatic carbocycles. The van der Waals surface area contributed by atoms with E-state index in [0.717, 1.165) is 5.56 Å². The molecule has 2 heterocycles. The number of aliphatic hydroxyl groups is 1. The SMILES string of the molecule is CN1CCC(O)(c2cc(-c3ccc[c]([Sn]([CH3])([CH3])[CH3])c3)no2)C1=O. The van der Waals surface area contributed by atoms with Crippen LogP contribution in [0, 0.1) is 0 Å². The first-order chi connectivity index (χ1) is 10.7. The summed E-state index contributed by atoms with van der Waals surface area (Å²) in [7, 11) is 1.68. The molecule has 0 bridgehead atoms. The molecule has 0 spiro atoms. The molecule has 1 fully saturated rings. The maximum atomic E-state index is 12.2. The molecular weight excluding hydrogens is 399 g/mol. The van der Waals surface area contributed by atoms with Crippen LogP contribution in [0.25, 0.3) is 11.3 Å². The van der Waals surface area contributed by atoms with Crippen LogP contribution in [0.4, 0.5) is 0 Å². The summed E-state index contributed by atoms with van der Waals surface area (Å²) in [6.45, 7) is 0.513. The van der Waals surface area contributed by atoms with E-state index in [9.17, 15) is 9.90 Å². The predicted molar refractivity (Wildman–Crippen MR) is 91.1 cm³/mol. The van der Waals surface area contributed by atoms with E-state index >= 15 is 0 Å². The molecule has 2 aromatic rings. The number of likely N-dealkylation sites (N-methyl/N-ethyl adjacent to an activating group) is 1. The molecule has 1 amide bonds. The molecule has 1 unspecified atom stereocenters. The minimum absolute atomic E-state index is 0.228. The number of likely N-dealkylation sites (tertiary alicyclic amines) is 1. The first-order valence-electron chi connectivity index (χ1n) is 7.78. The van der Waals surface area contributed by atoms with E-state index in [-0.39, 0.29) is 11.7 Å². The van der Waals surface area contributed by atoms with Gasteiger partial charge >= 0.3 is 140 Å². The molecule has 122 valence electrons. The van der Waals surface area contributed by atoms with Crippen LogP contribution >= 0.6 is 0 Å². The van der Waals surface area contributed by atoms with Crippen molar-refractivity contribution in [2.24, 2.45) is 0 Å². The van der Waals surface area contributed by atoms with Crippen molar-refractivity contribution in [2.75, 3.05) is 13.6 Å². The van der Waals surface area contributed by atoms with Crippen LogP contribution in [-0.4, -0.2) is 53.0 Å². The van der Waals surface area contributed by atoms with E-state index in [0.29, 0.717) is 18.7 Å². The number of carbonyl (C=O) groups is 1. The fraction of sp³-hybridized carbons (Fsp3) is 0.412. The third-order valence-corrected chi connectivity index (χ3v) is 10.3. The van der Waals surface area contributed by atoms with Crippen LogP contribution in [0.1, 0.15) is 12.2 Å². The van der Waals surface area contributed by atoms with E-state index < -0.39 is 24.0 Å². The van der Waals surface area contributed by atoms with Gasteiger partial charge < -0.3 is 0 Å². The van der Waals surface area contributed by atoms with E-state index in [1.54, 1.807) is 13.1 Å². The zero-order chi connectivity index (χ0) is 16.8. The van der Waals surface area contributed by atoms with Gasteiger partial charge in [0, 0.05) is 0 Å². The van der Waals surface area contributed by atoms with Gasteiger partial charge in [0.25, 0.3) is 0 Å². The molecule has 3 rings (SSSR count). The van der Waals surface area contributed by atoms with Crippen LogP contribution < -0.4 is 3.58 Å². The molecule has 1 atom stereocenters. The van der Waals surface area contributed by atoms with E-state index in [1.165, 1.54) is 8.48 Å². The summed E-state index contributed by atoms with van der Waals surface area (Å²) in [6.07, 6.45) is 0.329. The second kappa shape index (κ2) is 5.63. The molecule has 0 radical (unpaired) electrons. The molecule has 1 aliphatic heterocycles. The Balaban J connectivity index is 1.96. The predicted octanol–water partition coefficient (Wildman–Crippen LogP) is 1.94.